The standard InChI is InChI=1S/C18H13ClN6O3/c1-27-14-7-5-12(6-8-14)20-17(26)18-21-16(23-28-18)15-10-25(24-22-15)13-4-2-3-11(19)9-13/h2-10H,1H3,(H,20,26). The first kappa shape index (κ1) is 17.7. The summed E-state index contributed by atoms with van der Waals surface area (Å²) in [5.41, 5.74) is 1.65. The number of rotatable bonds is 5. The summed E-state index contributed by atoms with van der Waals surface area (Å²) >= 11 is 5.99. The summed E-state index contributed by atoms with van der Waals surface area (Å²) in [5, 5.41) is 15.1. The number of halogens is 1. The summed E-state index contributed by atoms with van der Waals surface area (Å²) in [7, 11) is 1.57. The number of methoxy groups -OCH3 is 1. The molecular weight excluding hydrogens is 384 g/mol. The van der Waals surface area contributed by atoms with Crippen LogP contribution in [0.2, 0.25) is 5.02 Å². The van der Waals surface area contributed by atoms with E-state index in [9.17, 15) is 4.79 Å². The third-order valence-corrected chi connectivity index (χ3v) is 4.00. The van der Waals surface area contributed by atoms with Crippen LogP contribution in [-0.2, 0) is 0 Å². The van der Waals surface area contributed by atoms with Gasteiger partial charge in [0.25, 0.3) is 0 Å². The molecule has 1 N–H and O–H groups in total. The van der Waals surface area contributed by atoms with Crippen LogP contribution in [0.1, 0.15) is 10.7 Å². The van der Waals surface area contributed by atoms with E-state index in [2.05, 4.69) is 25.8 Å². The van der Waals surface area contributed by atoms with Crippen LogP contribution >= 0.6 is 11.6 Å². The van der Waals surface area contributed by atoms with E-state index in [1.165, 1.54) is 4.68 Å². The highest BCUT2D eigenvalue weighted by molar-refractivity contribution is 6.30. The first-order valence-corrected chi connectivity index (χ1v) is 8.48. The molecule has 140 valence electrons. The molecule has 4 rings (SSSR count). The number of anilines is 1. The van der Waals surface area contributed by atoms with Crippen molar-refractivity contribution in [3.8, 4) is 23.0 Å². The van der Waals surface area contributed by atoms with Gasteiger partial charge in [-0.1, -0.05) is 28.0 Å². The van der Waals surface area contributed by atoms with Gasteiger partial charge in [-0.2, -0.15) is 4.98 Å². The number of hydrogen-bond acceptors (Lipinski definition) is 7. The fourth-order valence-electron chi connectivity index (χ4n) is 2.39. The Labute approximate surface area is 163 Å². The second-order valence-electron chi connectivity index (χ2n) is 5.63. The van der Waals surface area contributed by atoms with E-state index in [1.807, 2.05) is 6.07 Å². The first-order valence-electron chi connectivity index (χ1n) is 8.10. The molecule has 0 unspecified atom stereocenters. The van der Waals surface area contributed by atoms with E-state index in [0.29, 0.717) is 22.2 Å². The average molecular weight is 397 g/mol. The van der Waals surface area contributed by atoms with Crippen molar-refractivity contribution in [2.45, 2.75) is 0 Å². The second kappa shape index (κ2) is 7.49. The van der Waals surface area contributed by atoms with Crippen molar-refractivity contribution in [1.29, 1.82) is 0 Å². The Morgan fingerprint density at radius 2 is 2.04 bits per heavy atom. The molecule has 0 atom stereocenters. The van der Waals surface area contributed by atoms with Gasteiger partial charge in [-0.3, -0.25) is 4.79 Å². The summed E-state index contributed by atoms with van der Waals surface area (Å²) in [6.45, 7) is 0. The van der Waals surface area contributed by atoms with Crippen molar-refractivity contribution in [2.75, 3.05) is 12.4 Å². The molecular formula is C18H13ClN6O3. The van der Waals surface area contributed by atoms with E-state index in [4.69, 9.17) is 20.9 Å². The summed E-state index contributed by atoms with van der Waals surface area (Å²) in [5.74, 6) is 0.100. The van der Waals surface area contributed by atoms with E-state index in [-0.39, 0.29) is 11.7 Å². The average Bonchev–Trinajstić information content (AvgIpc) is 3.38. The summed E-state index contributed by atoms with van der Waals surface area (Å²) < 4.78 is 11.6. The van der Waals surface area contributed by atoms with Gasteiger partial charge in [-0.05, 0) is 42.5 Å². The van der Waals surface area contributed by atoms with Crippen LogP contribution in [0.4, 0.5) is 5.69 Å². The lowest BCUT2D eigenvalue weighted by Crippen LogP contribution is -2.12. The van der Waals surface area contributed by atoms with Crippen LogP contribution in [0, 0.1) is 0 Å². The molecule has 0 radical (unpaired) electrons. The molecule has 28 heavy (non-hydrogen) atoms. The molecule has 0 fully saturated rings. The van der Waals surface area contributed by atoms with E-state index < -0.39 is 5.91 Å². The van der Waals surface area contributed by atoms with Crippen molar-refractivity contribution in [3.63, 3.8) is 0 Å². The normalized spacial score (nSPS) is 10.6. The number of carbonyl (C=O) groups is 1. The van der Waals surface area contributed by atoms with Gasteiger partial charge in [0.15, 0.2) is 5.69 Å². The predicted molar refractivity (Wildman–Crippen MR) is 101 cm³/mol. The highest BCUT2D eigenvalue weighted by atomic mass is 35.5. The van der Waals surface area contributed by atoms with Gasteiger partial charge < -0.3 is 14.6 Å². The smallest absolute Gasteiger partial charge is 0.316 e. The van der Waals surface area contributed by atoms with Crippen molar-refractivity contribution in [2.24, 2.45) is 0 Å². The third-order valence-electron chi connectivity index (χ3n) is 3.76. The van der Waals surface area contributed by atoms with Crippen LogP contribution in [0.15, 0.2) is 59.3 Å². The van der Waals surface area contributed by atoms with Crippen molar-refractivity contribution in [1.82, 2.24) is 25.1 Å². The van der Waals surface area contributed by atoms with Gasteiger partial charge in [0.05, 0.1) is 19.0 Å². The molecule has 9 nitrogen and oxygen atoms in total. The van der Waals surface area contributed by atoms with E-state index in [0.717, 1.165) is 5.69 Å². The monoisotopic (exact) mass is 396 g/mol. The molecule has 10 heteroatoms. The Kier molecular flexibility index (Phi) is 4.73. The lowest BCUT2D eigenvalue weighted by Gasteiger charge is -2.03. The number of benzene rings is 2. The Morgan fingerprint density at radius 3 is 2.79 bits per heavy atom. The molecule has 2 aromatic carbocycles. The van der Waals surface area contributed by atoms with E-state index >= 15 is 0 Å². The Bertz CT molecular complexity index is 1120. The topological polar surface area (TPSA) is 108 Å². The van der Waals surface area contributed by atoms with Gasteiger partial charge in [-0.15, -0.1) is 5.10 Å². The maximum atomic E-state index is 12.3. The molecule has 0 bridgehead atoms. The Balaban J connectivity index is 1.50. The lowest BCUT2D eigenvalue weighted by atomic mass is 10.3. The fourth-order valence-corrected chi connectivity index (χ4v) is 2.57. The van der Waals surface area contributed by atoms with Crippen molar-refractivity contribution in [3.05, 3.63) is 65.6 Å². The molecule has 0 spiro atoms. The number of nitrogens with one attached hydrogen (secondary N) is 1. The summed E-state index contributed by atoms with van der Waals surface area (Å²) in [6, 6.07) is 14.0. The molecule has 2 aromatic heterocycles. The number of hydrogen-bond donors (Lipinski definition) is 1. The maximum Gasteiger partial charge on any atom is 0.316 e. The number of ether oxygens (including phenoxy) is 1. The predicted octanol–water partition coefficient (Wildman–Crippen LogP) is 3.23. The third kappa shape index (κ3) is 3.69. The minimum atomic E-state index is -0.536. The minimum Gasteiger partial charge on any atom is -0.497 e. The number of carbonyl (C=O) groups excluding carboxylic acids is 1. The lowest BCUT2D eigenvalue weighted by molar-refractivity contribution is 0.0981. The quantitative estimate of drug-likeness (QED) is 0.551. The molecule has 0 saturated carbocycles. The van der Waals surface area contributed by atoms with Gasteiger partial charge in [0, 0.05) is 10.7 Å². The molecule has 0 saturated heterocycles. The molecule has 0 aliphatic carbocycles. The Hall–Kier alpha value is -3.72. The molecule has 4 aromatic rings. The highest BCUT2D eigenvalue weighted by Gasteiger charge is 2.18. The molecule has 2 heterocycles. The summed E-state index contributed by atoms with van der Waals surface area (Å²) in [4.78, 5) is 16.4. The van der Waals surface area contributed by atoms with Crippen LogP contribution in [0.25, 0.3) is 17.2 Å². The van der Waals surface area contributed by atoms with Gasteiger partial charge >= 0.3 is 11.8 Å². The Morgan fingerprint density at radius 1 is 1.21 bits per heavy atom. The van der Waals surface area contributed by atoms with Gasteiger partial charge in [0.1, 0.15) is 5.75 Å². The minimum absolute atomic E-state index is 0.146. The van der Waals surface area contributed by atoms with Gasteiger partial charge in [-0.25, -0.2) is 4.68 Å². The summed E-state index contributed by atoms with van der Waals surface area (Å²) in [6.07, 6.45) is 1.61. The number of amides is 1. The molecule has 1 amide bonds. The first-order chi connectivity index (χ1) is 13.6. The molecule has 0 aliphatic rings. The van der Waals surface area contributed by atoms with E-state index in [1.54, 1.807) is 55.8 Å². The number of aromatic nitrogens is 5. The highest BCUT2D eigenvalue weighted by Crippen LogP contribution is 2.19. The SMILES string of the molecule is COc1ccc(NC(=O)c2nc(-c3cn(-c4cccc(Cl)c4)nn3)no2)cc1. The van der Waals surface area contributed by atoms with Crippen molar-refractivity contribution >= 4 is 23.2 Å². The zero-order chi connectivity index (χ0) is 19.5. The molecule has 0 aliphatic heterocycles. The van der Waals surface area contributed by atoms with Gasteiger partial charge in [0.2, 0.25) is 5.82 Å². The second-order valence-corrected chi connectivity index (χ2v) is 6.07. The van der Waals surface area contributed by atoms with Crippen molar-refractivity contribution < 1.29 is 14.1 Å². The maximum absolute atomic E-state index is 12.3. The van der Waals surface area contributed by atoms with Crippen LogP contribution in [-0.4, -0.2) is 38.2 Å². The van der Waals surface area contributed by atoms with Crippen LogP contribution in [0.5, 0.6) is 5.75 Å². The fraction of sp³-hybridized carbons (Fsp3) is 0.0556. The van der Waals surface area contributed by atoms with Crippen LogP contribution in [0.3, 0.4) is 0 Å². The van der Waals surface area contributed by atoms with Crippen LogP contribution < -0.4 is 10.1 Å². The number of nitrogens with zero attached hydrogens (tertiary/aromatic N) is 5. The zero-order valence-electron chi connectivity index (χ0n) is 14.5. The largest absolute Gasteiger partial charge is 0.497 e. The zero-order valence-corrected chi connectivity index (χ0v) is 15.3.